The van der Waals surface area contributed by atoms with Crippen LogP contribution in [0.25, 0.3) is 0 Å². The summed E-state index contributed by atoms with van der Waals surface area (Å²) < 4.78 is 5.37. The van der Waals surface area contributed by atoms with Gasteiger partial charge in [0, 0.05) is 19.3 Å². The van der Waals surface area contributed by atoms with Gasteiger partial charge in [0.05, 0.1) is 10.7 Å². The maximum Gasteiger partial charge on any atom is 0.126 e. The van der Waals surface area contributed by atoms with E-state index >= 15 is 0 Å². The molecule has 1 aliphatic heterocycles. The molecule has 2 rings (SSSR count). The van der Waals surface area contributed by atoms with E-state index in [4.69, 9.17) is 16.3 Å². The second-order valence-corrected chi connectivity index (χ2v) is 5.05. The van der Waals surface area contributed by atoms with Gasteiger partial charge in [-0.2, -0.15) is 0 Å². The molecule has 3 nitrogen and oxygen atoms in total. The summed E-state index contributed by atoms with van der Waals surface area (Å²) in [5.41, 5.74) is 0.871. The lowest BCUT2D eigenvalue weighted by molar-refractivity contribution is 0.0622. The smallest absolute Gasteiger partial charge is 0.126 e. The highest BCUT2D eigenvalue weighted by Crippen LogP contribution is 2.22. The third-order valence-corrected chi connectivity index (χ3v) is 3.77. The summed E-state index contributed by atoms with van der Waals surface area (Å²) in [5.74, 6) is 1.58. The molecule has 1 atom stereocenters. The summed E-state index contributed by atoms with van der Waals surface area (Å²) in [6.07, 6.45) is 2.25. The Kier molecular flexibility index (Phi) is 4.24. The van der Waals surface area contributed by atoms with Crippen LogP contribution in [-0.2, 0) is 4.74 Å². The molecule has 0 spiro atoms. The van der Waals surface area contributed by atoms with E-state index in [-0.39, 0.29) is 0 Å². The second kappa shape index (κ2) is 5.69. The van der Waals surface area contributed by atoms with E-state index in [1.165, 1.54) is 0 Å². The maximum atomic E-state index is 5.96. The molecular formula is C13H19ClN2O. The van der Waals surface area contributed by atoms with Crippen LogP contribution in [0.5, 0.6) is 0 Å². The van der Waals surface area contributed by atoms with Crippen molar-refractivity contribution in [2.75, 3.05) is 18.5 Å². The van der Waals surface area contributed by atoms with Crippen LogP contribution in [0.3, 0.4) is 0 Å². The zero-order chi connectivity index (χ0) is 12.3. The zero-order valence-corrected chi connectivity index (χ0v) is 11.1. The molecule has 1 aromatic rings. The van der Waals surface area contributed by atoms with Crippen molar-refractivity contribution >= 4 is 17.4 Å². The Morgan fingerprint density at radius 3 is 2.76 bits per heavy atom. The Bertz CT molecular complexity index is 378. The SMILES string of the molecule is Cc1nc(NC(C)C2CCOCC2)ccc1Cl. The van der Waals surface area contributed by atoms with E-state index in [2.05, 4.69) is 17.2 Å². The number of anilines is 1. The van der Waals surface area contributed by atoms with Crippen LogP contribution in [0, 0.1) is 12.8 Å². The molecule has 0 bridgehead atoms. The number of rotatable bonds is 3. The van der Waals surface area contributed by atoms with E-state index in [9.17, 15) is 0 Å². The fourth-order valence-electron chi connectivity index (χ4n) is 2.19. The van der Waals surface area contributed by atoms with E-state index in [1.807, 2.05) is 19.1 Å². The lowest BCUT2D eigenvalue weighted by atomic mass is 9.93. The van der Waals surface area contributed by atoms with Gasteiger partial charge in [0.15, 0.2) is 0 Å². The average Bonchev–Trinajstić information content (AvgIpc) is 2.35. The second-order valence-electron chi connectivity index (χ2n) is 4.65. The van der Waals surface area contributed by atoms with Gasteiger partial charge in [-0.1, -0.05) is 11.6 Å². The number of aromatic nitrogens is 1. The molecule has 0 aliphatic carbocycles. The first-order chi connectivity index (χ1) is 8.16. The van der Waals surface area contributed by atoms with Crippen LogP contribution in [0.2, 0.25) is 5.02 Å². The van der Waals surface area contributed by atoms with Gasteiger partial charge in [-0.3, -0.25) is 0 Å². The predicted octanol–water partition coefficient (Wildman–Crippen LogP) is 3.27. The highest BCUT2D eigenvalue weighted by molar-refractivity contribution is 6.31. The van der Waals surface area contributed by atoms with E-state index < -0.39 is 0 Å². The molecule has 0 saturated carbocycles. The van der Waals surface area contributed by atoms with Gasteiger partial charge in [0.2, 0.25) is 0 Å². The highest BCUT2D eigenvalue weighted by Gasteiger charge is 2.20. The molecule has 1 unspecified atom stereocenters. The standard InChI is InChI=1S/C13H19ClN2O/c1-9(11-5-7-17-8-6-11)15-13-4-3-12(14)10(2)16-13/h3-4,9,11H,5-8H2,1-2H3,(H,15,16). The molecule has 1 fully saturated rings. The van der Waals surface area contributed by atoms with Crippen molar-refractivity contribution in [1.82, 2.24) is 4.98 Å². The average molecular weight is 255 g/mol. The van der Waals surface area contributed by atoms with Gasteiger partial charge in [-0.15, -0.1) is 0 Å². The molecule has 1 aromatic heterocycles. The number of hydrogen-bond acceptors (Lipinski definition) is 3. The van der Waals surface area contributed by atoms with E-state index in [0.717, 1.165) is 37.6 Å². The Morgan fingerprint density at radius 2 is 2.12 bits per heavy atom. The van der Waals surface area contributed by atoms with Crippen molar-refractivity contribution in [3.05, 3.63) is 22.8 Å². The van der Waals surface area contributed by atoms with Crippen LogP contribution in [0.15, 0.2) is 12.1 Å². The maximum absolute atomic E-state index is 5.96. The van der Waals surface area contributed by atoms with Crippen molar-refractivity contribution in [3.63, 3.8) is 0 Å². The monoisotopic (exact) mass is 254 g/mol. The summed E-state index contributed by atoms with van der Waals surface area (Å²) in [5, 5.41) is 4.17. The molecule has 17 heavy (non-hydrogen) atoms. The molecule has 1 aliphatic rings. The molecule has 94 valence electrons. The molecule has 2 heterocycles. The van der Waals surface area contributed by atoms with Crippen molar-refractivity contribution in [1.29, 1.82) is 0 Å². The van der Waals surface area contributed by atoms with Crippen molar-refractivity contribution in [3.8, 4) is 0 Å². The topological polar surface area (TPSA) is 34.2 Å². The number of hydrogen-bond donors (Lipinski definition) is 1. The number of ether oxygens (including phenoxy) is 1. The fraction of sp³-hybridized carbons (Fsp3) is 0.615. The third kappa shape index (κ3) is 3.33. The summed E-state index contributed by atoms with van der Waals surface area (Å²) in [4.78, 5) is 4.43. The highest BCUT2D eigenvalue weighted by atomic mass is 35.5. The van der Waals surface area contributed by atoms with Gasteiger partial charge < -0.3 is 10.1 Å². The minimum absolute atomic E-state index is 0.423. The van der Waals surface area contributed by atoms with Crippen LogP contribution in [0.4, 0.5) is 5.82 Å². The quantitative estimate of drug-likeness (QED) is 0.899. The molecular weight excluding hydrogens is 236 g/mol. The van der Waals surface area contributed by atoms with E-state index in [0.29, 0.717) is 17.0 Å². The number of halogens is 1. The number of pyridine rings is 1. The predicted molar refractivity (Wildman–Crippen MR) is 70.6 cm³/mol. The molecule has 1 saturated heterocycles. The number of aryl methyl sites for hydroxylation is 1. The van der Waals surface area contributed by atoms with Crippen LogP contribution in [-0.4, -0.2) is 24.2 Å². The van der Waals surface area contributed by atoms with Gasteiger partial charge in [-0.05, 0) is 44.7 Å². The minimum atomic E-state index is 0.423. The first kappa shape index (κ1) is 12.7. The van der Waals surface area contributed by atoms with Gasteiger partial charge in [0.25, 0.3) is 0 Å². The Hall–Kier alpha value is -0.800. The number of nitrogens with zero attached hydrogens (tertiary/aromatic N) is 1. The fourth-order valence-corrected chi connectivity index (χ4v) is 2.30. The molecule has 1 N–H and O–H groups in total. The Labute approximate surface area is 108 Å². The van der Waals surface area contributed by atoms with Crippen molar-refractivity contribution < 1.29 is 4.74 Å². The first-order valence-corrected chi connectivity index (χ1v) is 6.52. The Morgan fingerprint density at radius 1 is 1.41 bits per heavy atom. The van der Waals surface area contributed by atoms with Crippen molar-refractivity contribution in [2.24, 2.45) is 5.92 Å². The van der Waals surface area contributed by atoms with Gasteiger partial charge in [0.1, 0.15) is 5.82 Å². The third-order valence-electron chi connectivity index (χ3n) is 3.37. The minimum Gasteiger partial charge on any atom is -0.381 e. The first-order valence-electron chi connectivity index (χ1n) is 6.14. The lowest BCUT2D eigenvalue weighted by Gasteiger charge is -2.28. The van der Waals surface area contributed by atoms with E-state index in [1.54, 1.807) is 0 Å². The lowest BCUT2D eigenvalue weighted by Crippen LogP contribution is -2.31. The molecule has 0 aromatic carbocycles. The van der Waals surface area contributed by atoms with Gasteiger partial charge in [-0.25, -0.2) is 4.98 Å². The largest absolute Gasteiger partial charge is 0.381 e. The van der Waals surface area contributed by atoms with Crippen LogP contribution in [0.1, 0.15) is 25.5 Å². The number of nitrogens with one attached hydrogen (secondary N) is 1. The van der Waals surface area contributed by atoms with Crippen LogP contribution >= 0.6 is 11.6 Å². The molecule has 0 radical (unpaired) electrons. The summed E-state index contributed by atoms with van der Waals surface area (Å²) in [6, 6.07) is 4.25. The molecule has 4 heteroatoms. The molecule has 0 amide bonds. The summed E-state index contributed by atoms with van der Waals surface area (Å²) >= 11 is 5.96. The summed E-state index contributed by atoms with van der Waals surface area (Å²) in [7, 11) is 0. The normalized spacial score (nSPS) is 19.0. The zero-order valence-electron chi connectivity index (χ0n) is 10.4. The summed E-state index contributed by atoms with van der Waals surface area (Å²) in [6.45, 7) is 5.89. The van der Waals surface area contributed by atoms with Crippen molar-refractivity contribution in [2.45, 2.75) is 32.7 Å². The van der Waals surface area contributed by atoms with Crippen LogP contribution < -0.4 is 5.32 Å². The van der Waals surface area contributed by atoms with Gasteiger partial charge >= 0.3 is 0 Å². The Balaban J connectivity index is 1.96.